The Balaban J connectivity index is 0.00000218. The van der Waals surface area contributed by atoms with E-state index in [9.17, 15) is 0 Å². The molecule has 7 nitrogen and oxygen atoms in total. The molecule has 0 bridgehead atoms. The van der Waals surface area contributed by atoms with Gasteiger partial charge in [-0.05, 0) is 25.0 Å². The fourth-order valence-corrected chi connectivity index (χ4v) is 3.08. The van der Waals surface area contributed by atoms with Crippen molar-refractivity contribution in [2.45, 2.75) is 13.8 Å². The van der Waals surface area contributed by atoms with Crippen LogP contribution >= 0.6 is 0 Å². The van der Waals surface area contributed by atoms with Gasteiger partial charge in [0.15, 0.2) is 0 Å². The fourth-order valence-electron chi connectivity index (χ4n) is 3.08. The maximum Gasteiger partial charge on any atom is 2.00 e. The molecular weight excluding hydrogens is 563 g/mol. The zero-order valence-electron chi connectivity index (χ0n) is 16.8. The molecule has 0 aliphatic rings. The van der Waals surface area contributed by atoms with Crippen LogP contribution < -0.4 is 9.47 Å². The fraction of sp³-hybridized carbons (Fsp3) is 0.182. The largest absolute Gasteiger partial charge is 2.00 e. The van der Waals surface area contributed by atoms with E-state index < -0.39 is 0 Å². The van der Waals surface area contributed by atoms with Crippen LogP contribution in [0.1, 0.15) is 11.4 Å². The van der Waals surface area contributed by atoms with Gasteiger partial charge in [-0.15, -0.1) is 34.5 Å². The van der Waals surface area contributed by atoms with Gasteiger partial charge in [0.2, 0.25) is 11.8 Å². The predicted octanol–water partition coefficient (Wildman–Crippen LogP) is 4.85. The summed E-state index contributed by atoms with van der Waals surface area (Å²) in [7, 11) is 3.75. The molecule has 0 aliphatic carbocycles. The first-order valence-corrected chi connectivity index (χ1v) is 9.14. The summed E-state index contributed by atoms with van der Waals surface area (Å²) in [4.78, 5) is 0. The smallest absolute Gasteiger partial charge is 0.564 e. The van der Waals surface area contributed by atoms with Gasteiger partial charge in [0.05, 0.1) is 0 Å². The summed E-state index contributed by atoms with van der Waals surface area (Å²) >= 11 is 0. The van der Waals surface area contributed by atoms with Gasteiger partial charge in [-0.2, -0.15) is 10.8 Å². The average Bonchev–Trinajstić information content (AvgIpc) is 3.30. The normalized spacial score (nSPS) is 11.1. The summed E-state index contributed by atoms with van der Waals surface area (Å²) in [5, 5.41) is 10.2. The zero-order valence-corrected chi connectivity index (χ0v) is 19.1. The zero-order chi connectivity index (χ0) is 20.1. The molecular formula is C22H18N4O3Pt. The predicted molar refractivity (Wildman–Crippen MR) is 107 cm³/mol. The standard InChI is InChI=1S/C22H18N4O3.Pt/c1-13-9-21(23-25(13)3)27-15-5-7-19-17(11-15)18-12-16(6-8-20(18)29-19)28-22-10-14(2)26(4)24-22;/h5-10H,1-4H3;/q-2;+2. The molecule has 30 heavy (non-hydrogen) atoms. The Morgan fingerprint density at radius 2 is 1.20 bits per heavy atom. The van der Waals surface area contributed by atoms with Crippen LogP contribution in [0.2, 0.25) is 0 Å². The first kappa shape index (κ1) is 20.2. The minimum atomic E-state index is 0. The topological polar surface area (TPSA) is 67.2 Å². The van der Waals surface area contributed by atoms with E-state index in [-0.39, 0.29) is 21.1 Å². The molecule has 0 atom stereocenters. The monoisotopic (exact) mass is 581 g/mol. The maximum absolute atomic E-state index is 5.90. The number of ether oxygens (including phenoxy) is 2. The molecule has 0 amide bonds. The van der Waals surface area contributed by atoms with Crippen LogP contribution in [-0.4, -0.2) is 19.6 Å². The molecule has 5 rings (SSSR count). The minimum Gasteiger partial charge on any atom is -0.564 e. The van der Waals surface area contributed by atoms with Gasteiger partial charge in [0.25, 0.3) is 0 Å². The Kier molecular flexibility index (Phi) is 5.16. The molecule has 154 valence electrons. The van der Waals surface area contributed by atoms with E-state index in [1.165, 1.54) is 0 Å². The molecule has 0 spiro atoms. The van der Waals surface area contributed by atoms with Gasteiger partial charge >= 0.3 is 21.1 Å². The van der Waals surface area contributed by atoms with Crippen LogP contribution in [0.15, 0.2) is 40.8 Å². The third-order valence-corrected chi connectivity index (χ3v) is 4.84. The van der Waals surface area contributed by atoms with Crippen molar-refractivity contribution >= 4 is 21.9 Å². The molecule has 0 N–H and O–H groups in total. The van der Waals surface area contributed by atoms with Crippen molar-refractivity contribution in [2.24, 2.45) is 14.1 Å². The Morgan fingerprint density at radius 3 is 1.57 bits per heavy atom. The molecule has 0 aliphatic heterocycles. The number of nitrogens with zero attached hydrogens (tertiary/aromatic N) is 4. The Hall–Kier alpha value is -3.05. The van der Waals surface area contributed by atoms with Gasteiger partial charge in [-0.25, -0.2) is 0 Å². The van der Waals surface area contributed by atoms with Crippen molar-refractivity contribution in [1.29, 1.82) is 0 Å². The first-order chi connectivity index (χ1) is 14.0. The van der Waals surface area contributed by atoms with E-state index in [1.54, 1.807) is 9.36 Å². The second kappa shape index (κ2) is 7.65. The van der Waals surface area contributed by atoms with Crippen molar-refractivity contribution in [2.75, 3.05) is 0 Å². The summed E-state index contributed by atoms with van der Waals surface area (Å²) in [5.74, 6) is 2.15. The summed E-state index contributed by atoms with van der Waals surface area (Å²) in [6.45, 7) is 3.94. The number of furan rings is 1. The van der Waals surface area contributed by atoms with Gasteiger partial charge < -0.3 is 13.9 Å². The van der Waals surface area contributed by atoms with E-state index in [0.29, 0.717) is 34.4 Å². The third kappa shape index (κ3) is 3.61. The van der Waals surface area contributed by atoms with E-state index in [2.05, 4.69) is 22.3 Å². The molecule has 3 heterocycles. The van der Waals surface area contributed by atoms with E-state index in [1.807, 2.05) is 64.3 Å². The Morgan fingerprint density at radius 1 is 0.767 bits per heavy atom. The molecule has 0 saturated heterocycles. The average molecular weight is 581 g/mol. The summed E-state index contributed by atoms with van der Waals surface area (Å²) in [6.07, 6.45) is 0. The quantitative estimate of drug-likeness (QED) is 0.284. The van der Waals surface area contributed by atoms with Crippen LogP contribution in [-0.2, 0) is 35.2 Å². The van der Waals surface area contributed by atoms with Crippen LogP contribution in [0.25, 0.3) is 21.9 Å². The van der Waals surface area contributed by atoms with Crippen molar-refractivity contribution in [3.05, 3.63) is 59.9 Å². The molecule has 0 unspecified atom stereocenters. The number of hydrogen-bond donors (Lipinski definition) is 0. The Bertz CT molecular complexity index is 1220. The van der Waals surface area contributed by atoms with Crippen molar-refractivity contribution in [3.8, 4) is 23.3 Å². The summed E-state index contributed by atoms with van der Waals surface area (Å²) in [5.41, 5.74) is 3.42. The van der Waals surface area contributed by atoms with Crippen molar-refractivity contribution < 1.29 is 35.0 Å². The number of aryl methyl sites for hydroxylation is 4. The van der Waals surface area contributed by atoms with Crippen LogP contribution in [0.4, 0.5) is 0 Å². The molecule has 5 aromatic rings. The van der Waals surface area contributed by atoms with Crippen LogP contribution in [0, 0.1) is 26.0 Å². The van der Waals surface area contributed by atoms with Crippen LogP contribution in [0.3, 0.4) is 0 Å². The minimum absolute atomic E-state index is 0. The second-order valence-corrected chi connectivity index (χ2v) is 6.92. The number of fused-ring (bicyclic) bond motifs is 3. The van der Waals surface area contributed by atoms with Crippen molar-refractivity contribution in [1.82, 2.24) is 19.6 Å². The SMILES string of the molecule is Cc1cc(Oc2[c-]c3c(cc2)oc2ccc(Oc4cc(C)n(C)n4)[c-]c23)nn1C.[Pt+2]. The molecule has 0 fully saturated rings. The second-order valence-electron chi connectivity index (χ2n) is 6.92. The van der Waals surface area contributed by atoms with E-state index in [0.717, 1.165) is 22.2 Å². The van der Waals surface area contributed by atoms with E-state index in [4.69, 9.17) is 13.9 Å². The molecule has 2 aromatic carbocycles. The van der Waals surface area contributed by atoms with Crippen LogP contribution in [0.5, 0.6) is 23.3 Å². The summed E-state index contributed by atoms with van der Waals surface area (Å²) in [6, 6.07) is 17.6. The number of aromatic nitrogens is 4. The van der Waals surface area contributed by atoms with E-state index >= 15 is 0 Å². The molecule has 0 radical (unpaired) electrons. The molecule has 0 saturated carbocycles. The van der Waals surface area contributed by atoms with Crippen molar-refractivity contribution in [3.63, 3.8) is 0 Å². The third-order valence-electron chi connectivity index (χ3n) is 4.84. The first-order valence-electron chi connectivity index (χ1n) is 9.14. The maximum atomic E-state index is 5.90. The summed E-state index contributed by atoms with van der Waals surface area (Å²) < 4.78 is 21.1. The van der Waals surface area contributed by atoms with Gasteiger partial charge in [0.1, 0.15) is 0 Å². The van der Waals surface area contributed by atoms with Gasteiger partial charge in [0, 0.05) is 49.1 Å². The van der Waals surface area contributed by atoms with Gasteiger partial charge in [-0.3, -0.25) is 9.36 Å². The number of hydrogen-bond acceptors (Lipinski definition) is 5. The molecule has 8 heteroatoms. The Labute approximate surface area is 187 Å². The molecule has 3 aromatic heterocycles. The number of rotatable bonds is 4. The number of benzene rings is 2. The van der Waals surface area contributed by atoms with Gasteiger partial charge in [-0.1, -0.05) is 12.1 Å².